The third-order valence-corrected chi connectivity index (χ3v) is 3.04. The van der Waals surface area contributed by atoms with E-state index in [0.29, 0.717) is 22.6 Å². The van der Waals surface area contributed by atoms with Crippen molar-refractivity contribution in [2.75, 3.05) is 18.5 Å². The van der Waals surface area contributed by atoms with Crippen LogP contribution >= 0.6 is 0 Å². The lowest BCUT2D eigenvalue weighted by Crippen LogP contribution is -2.20. The highest BCUT2D eigenvalue weighted by atomic mass is 16.5. The van der Waals surface area contributed by atoms with Crippen molar-refractivity contribution in [2.24, 2.45) is 0 Å². The van der Waals surface area contributed by atoms with E-state index in [1.807, 2.05) is 6.07 Å². The van der Waals surface area contributed by atoms with Crippen molar-refractivity contribution >= 4 is 17.6 Å². The summed E-state index contributed by atoms with van der Waals surface area (Å²) in [5, 5.41) is 11.6. The van der Waals surface area contributed by atoms with Crippen molar-refractivity contribution in [2.45, 2.75) is 6.92 Å². The largest absolute Gasteiger partial charge is 0.484 e. The molecule has 0 aliphatic heterocycles. The monoisotopic (exact) mass is 324 g/mol. The van der Waals surface area contributed by atoms with Gasteiger partial charge in [-0.15, -0.1) is 0 Å². The van der Waals surface area contributed by atoms with E-state index in [-0.39, 0.29) is 13.2 Å². The quantitative estimate of drug-likeness (QED) is 0.825. The highest BCUT2D eigenvalue weighted by Gasteiger charge is 2.10. The molecule has 0 aliphatic rings. The second-order valence-electron chi connectivity index (χ2n) is 4.74. The van der Waals surface area contributed by atoms with E-state index in [4.69, 9.17) is 14.7 Å². The van der Waals surface area contributed by atoms with E-state index < -0.39 is 11.9 Å². The van der Waals surface area contributed by atoms with Crippen molar-refractivity contribution in [3.63, 3.8) is 0 Å². The number of carbonyl (C=O) groups excluding carboxylic acids is 2. The van der Waals surface area contributed by atoms with Gasteiger partial charge in [0.1, 0.15) is 11.8 Å². The van der Waals surface area contributed by atoms with Crippen LogP contribution in [-0.4, -0.2) is 25.1 Å². The Morgan fingerprint density at radius 3 is 2.71 bits per heavy atom. The van der Waals surface area contributed by atoms with Gasteiger partial charge in [-0.25, -0.2) is 4.79 Å². The Hall–Kier alpha value is -3.33. The van der Waals surface area contributed by atoms with E-state index in [1.165, 1.54) is 6.07 Å². The number of nitrogens with one attached hydrogen (secondary N) is 1. The molecule has 0 unspecified atom stereocenters. The highest BCUT2D eigenvalue weighted by molar-refractivity contribution is 5.93. The molecule has 1 amide bonds. The zero-order valence-electron chi connectivity index (χ0n) is 13.1. The molecular formula is C18H16N2O4. The van der Waals surface area contributed by atoms with Crippen LogP contribution in [0.3, 0.4) is 0 Å². The molecule has 0 saturated carbocycles. The normalized spacial score (nSPS) is 9.67. The number of ether oxygens (including phenoxy) is 2. The Morgan fingerprint density at radius 2 is 1.96 bits per heavy atom. The molecule has 2 aromatic rings. The molecule has 0 atom stereocenters. The van der Waals surface area contributed by atoms with Gasteiger partial charge < -0.3 is 14.8 Å². The van der Waals surface area contributed by atoms with Crippen LogP contribution in [0.1, 0.15) is 22.8 Å². The summed E-state index contributed by atoms with van der Waals surface area (Å²) in [5.74, 6) is -0.473. The van der Waals surface area contributed by atoms with Gasteiger partial charge >= 0.3 is 5.97 Å². The van der Waals surface area contributed by atoms with E-state index in [9.17, 15) is 9.59 Å². The Kier molecular flexibility index (Phi) is 5.92. The summed E-state index contributed by atoms with van der Waals surface area (Å²) >= 11 is 0. The fourth-order valence-electron chi connectivity index (χ4n) is 1.95. The number of amides is 1. The molecule has 1 N–H and O–H groups in total. The average molecular weight is 324 g/mol. The smallest absolute Gasteiger partial charge is 0.338 e. The molecule has 0 heterocycles. The van der Waals surface area contributed by atoms with Gasteiger partial charge in [0, 0.05) is 0 Å². The number of hydrogen-bond acceptors (Lipinski definition) is 5. The summed E-state index contributed by atoms with van der Waals surface area (Å²) in [4.78, 5) is 23.6. The number of carbonyl (C=O) groups is 2. The molecule has 122 valence electrons. The van der Waals surface area contributed by atoms with Gasteiger partial charge in [0.2, 0.25) is 0 Å². The summed E-state index contributed by atoms with van der Waals surface area (Å²) in [6.07, 6.45) is 0. The number of rotatable bonds is 6. The molecule has 0 saturated heterocycles. The lowest BCUT2D eigenvalue weighted by Gasteiger charge is -2.09. The first-order chi connectivity index (χ1) is 11.6. The first kappa shape index (κ1) is 17.0. The van der Waals surface area contributed by atoms with Crippen LogP contribution in [0.2, 0.25) is 0 Å². The van der Waals surface area contributed by atoms with Crippen molar-refractivity contribution in [3.05, 3.63) is 59.7 Å². The molecule has 24 heavy (non-hydrogen) atoms. The molecule has 0 aromatic heterocycles. The van der Waals surface area contributed by atoms with E-state index >= 15 is 0 Å². The number of benzene rings is 2. The number of esters is 1. The van der Waals surface area contributed by atoms with Crippen LogP contribution in [0.5, 0.6) is 5.75 Å². The molecular weight excluding hydrogens is 308 g/mol. The summed E-state index contributed by atoms with van der Waals surface area (Å²) < 4.78 is 10.3. The van der Waals surface area contributed by atoms with Gasteiger partial charge in [0.05, 0.1) is 23.4 Å². The molecule has 6 nitrogen and oxygen atoms in total. The number of nitriles is 1. The van der Waals surface area contributed by atoms with E-state index in [1.54, 1.807) is 49.4 Å². The third kappa shape index (κ3) is 4.58. The molecule has 0 fully saturated rings. The fourth-order valence-corrected chi connectivity index (χ4v) is 1.95. The maximum Gasteiger partial charge on any atom is 0.338 e. The summed E-state index contributed by atoms with van der Waals surface area (Å²) in [5.41, 5.74) is 1.15. The van der Waals surface area contributed by atoms with Crippen molar-refractivity contribution in [3.8, 4) is 11.8 Å². The van der Waals surface area contributed by atoms with Crippen LogP contribution in [0.4, 0.5) is 5.69 Å². The summed E-state index contributed by atoms with van der Waals surface area (Å²) in [6.45, 7) is 1.76. The second-order valence-corrected chi connectivity index (χ2v) is 4.74. The molecule has 0 aliphatic carbocycles. The molecule has 2 rings (SSSR count). The van der Waals surface area contributed by atoms with Gasteiger partial charge in [-0.05, 0) is 37.3 Å². The summed E-state index contributed by atoms with van der Waals surface area (Å²) in [6, 6.07) is 15.1. The Labute approximate surface area is 139 Å². The molecule has 0 spiro atoms. The van der Waals surface area contributed by atoms with E-state index in [2.05, 4.69) is 5.32 Å². The van der Waals surface area contributed by atoms with Crippen molar-refractivity contribution in [1.82, 2.24) is 0 Å². The fraction of sp³-hybridized carbons (Fsp3) is 0.167. The Morgan fingerprint density at radius 1 is 1.17 bits per heavy atom. The van der Waals surface area contributed by atoms with Crippen LogP contribution in [0.15, 0.2) is 48.5 Å². The van der Waals surface area contributed by atoms with Crippen LogP contribution in [0, 0.1) is 11.3 Å². The molecule has 2 aromatic carbocycles. The maximum absolute atomic E-state index is 11.9. The second kappa shape index (κ2) is 8.34. The number of nitrogens with zero attached hydrogens (tertiary/aromatic N) is 1. The first-order valence-electron chi connectivity index (χ1n) is 7.33. The number of hydrogen-bond donors (Lipinski definition) is 1. The lowest BCUT2D eigenvalue weighted by atomic mass is 10.2. The zero-order valence-corrected chi connectivity index (χ0v) is 13.1. The first-order valence-corrected chi connectivity index (χ1v) is 7.33. The van der Waals surface area contributed by atoms with Crippen LogP contribution in [0.25, 0.3) is 0 Å². The molecule has 0 radical (unpaired) electrons. The molecule has 6 heteroatoms. The van der Waals surface area contributed by atoms with Crippen LogP contribution in [-0.2, 0) is 9.53 Å². The predicted molar refractivity (Wildman–Crippen MR) is 87.7 cm³/mol. The van der Waals surface area contributed by atoms with Gasteiger partial charge in [0.15, 0.2) is 6.61 Å². The van der Waals surface area contributed by atoms with Gasteiger partial charge in [-0.2, -0.15) is 5.26 Å². The van der Waals surface area contributed by atoms with Gasteiger partial charge in [-0.1, -0.05) is 18.2 Å². The average Bonchev–Trinajstić information content (AvgIpc) is 2.61. The SMILES string of the molecule is CCOC(=O)c1cccc(OCC(=O)Nc2ccccc2C#N)c1. The minimum atomic E-state index is -0.449. The Balaban J connectivity index is 1.96. The minimum Gasteiger partial charge on any atom is -0.484 e. The third-order valence-electron chi connectivity index (χ3n) is 3.04. The zero-order chi connectivity index (χ0) is 17.4. The summed E-state index contributed by atoms with van der Waals surface area (Å²) in [7, 11) is 0. The van der Waals surface area contributed by atoms with Crippen molar-refractivity contribution in [1.29, 1.82) is 5.26 Å². The Bertz CT molecular complexity index is 781. The minimum absolute atomic E-state index is 0.244. The molecule has 0 bridgehead atoms. The van der Waals surface area contributed by atoms with Crippen LogP contribution < -0.4 is 10.1 Å². The predicted octanol–water partition coefficient (Wildman–Crippen LogP) is 2.75. The van der Waals surface area contributed by atoms with E-state index in [0.717, 1.165) is 0 Å². The standard InChI is InChI=1S/C18H16N2O4/c1-2-23-18(22)13-7-5-8-15(10-13)24-12-17(21)20-16-9-4-3-6-14(16)11-19/h3-10H,2,12H2,1H3,(H,20,21). The maximum atomic E-state index is 11.9. The van der Waals surface area contributed by atoms with Gasteiger partial charge in [0.25, 0.3) is 5.91 Å². The number of anilines is 1. The number of para-hydroxylation sites is 1. The van der Waals surface area contributed by atoms with Crippen molar-refractivity contribution < 1.29 is 19.1 Å². The highest BCUT2D eigenvalue weighted by Crippen LogP contribution is 2.16. The topological polar surface area (TPSA) is 88.4 Å². The lowest BCUT2D eigenvalue weighted by molar-refractivity contribution is -0.118. The van der Waals surface area contributed by atoms with Gasteiger partial charge in [-0.3, -0.25) is 4.79 Å².